The summed E-state index contributed by atoms with van der Waals surface area (Å²) < 4.78 is 7.31. The molecule has 0 unspecified atom stereocenters. The molecule has 3 aromatic carbocycles. The van der Waals surface area contributed by atoms with Crippen molar-refractivity contribution in [1.82, 2.24) is 25.2 Å². The topological polar surface area (TPSA) is 115 Å². The van der Waals surface area contributed by atoms with E-state index < -0.39 is 5.97 Å². The normalized spacial score (nSPS) is 11.5. The monoisotopic (exact) mass is 580 g/mol. The van der Waals surface area contributed by atoms with Gasteiger partial charge in [-0.2, -0.15) is 10.2 Å². The number of thiazole rings is 1. The Morgan fingerprint density at radius 3 is 2.36 bits per heavy atom. The van der Waals surface area contributed by atoms with Crippen molar-refractivity contribution in [2.45, 2.75) is 46.1 Å². The number of amides is 1. The SMILES string of the molecule is CCCCCc1sc(=NC(=O)c2ccccc2)n(Cc2ccc(-c3ccccc3-c3nn[nH]n3)cc2)c1C(=O)OCC. The number of esters is 1. The van der Waals surface area contributed by atoms with Gasteiger partial charge in [0.1, 0.15) is 5.69 Å². The number of hydrogen-bond donors (Lipinski definition) is 1. The molecule has 0 saturated carbocycles. The summed E-state index contributed by atoms with van der Waals surface area (Å²) in [7, 11) is 0. The number of aromatic amines is 1. The van der Waals surface area contributed by atoms with Crippen LogP contribution in [0.4, 0.5) is 0 Å². The molecule has 0 spiro atoms. The van der Waals surface area contributed by atoms with Gasteiger partial charge in [-0.25, -0.2) is 4.79 Å². The third-order valence-corrected chi connectivity index (χ3v) is 7.93. The van der Waals surface area contributed by atoms with Gasteiger partial charge in [-0.05, 0) is 53.8 Å². The van der Waals surface area contributed by atoms with Crippen LogP contribution in [-0.4, -0.2) is 43.7 Å². The minimum Gasteiger partial charge on any atom is -0.461 e. The van der Waals surface area contributed by atoms with Crippen LogP contribution in [0.25, 0.3) is 22.5 Å². The van der Waals surface area contributed by atoms with E-state index in [1.54, 1.807) is 19.1 Å². The Morgan fingerprint density at radius 1 is 0.929 bits per heavy atom. The fourth-order valence-electron chi connectivity index (χ4n) is 4.73. The molecule has 5 aromatic rings. The molecule has 0 fully saturated rings. The molecule has 9 nitrogen and oxygen atoms in total. The first-order valence-electron chi connectivity index (χ1n) is 14.0. The number of carbonyl (C=O) groups is 2. The van der Waals surface area contributed by atoms with Crippen molar-refractivity contribution in [2.75, 3.05) is 6.61 Å². The predicted octanol–water partition coefficient (Wildman–Crippen LogP) is 6.10. The molecule has 214 valence electrons. The Labute approximate surface area is 247 Å². The van der Waals surface area contributed by atoms with Gasteiger partial charge in [-0.1, -0.05) is 86.5 Å². The highest BCUT2D eigenvalue weighted by Crippen LogP contribution is 2.30. The number of rotatable bonds is 11. The number of aromatic nitrogens is 5. The molecule has 0 saturated heterocycles. The third kappa shape index (κ3) is 6.60. The molecule has 10 heteroatoms. The minimum atomic E-state index is -0.403. The lowest BCUT2D eigenvalue weighted by molar-refractivity contribution is 0.0512. The first-order valence-corrected chi connectivity index (χ1v) is 14.9. The zero-order valence-electron chi connectivity index (χ0n) is 23.6. The minimum absolute atomic E-state index is 0.257. The van der Waals surface area contributed by atoms with Crippen molar-refractivity contribution in [3.05, 3.63) is 105 Å². The van der Waals surface area contributed by atoms with E-state index in [-0.39, 0.29) is 12.5 Å². The number of benzene rings is 3. The molecule has 0 aliphatic rings. The van der Waals surface area contributed by atoms with Crippen molar-refractivity contribution in [2.24, 2.45) is 4.99 Å². The second-order valence-electron chi connectivity index (χ2n) is 9.68. The number of carbonyl (C=O) groups excluding carboxylic acids is 2. The maximum absolute atomic E-state index is 13.3. The van der Waals surface area contributed by atoms with Crippen molar-refractivity contribution in [3.63, 3.8) is 0 Å². The molecule has 0 aliphatic carbocycles. The van der Waals surface area contributed by atoms with Gasteiger partial charge >= 0.3 is 5.97 Å². The van der Waals surface area contributed by atoms with Crippen molar-refractivity contribution >= 4 is 23.2 Å². The maximum atomic E-state index is 13.3. The van der Waals surface area contributed by atoms with Gasteiger partial charge in [0.05, 0.1) is 13.2 Å². The number of H-pyrrole nitrogens is 1. The molecule has 1 amide bonds. The van der Waals surface area contributed by atoms with Crippen LogP contribution >= 0.6 is 11.3 Å². The van der Waals surface area contributed by atoms with E-state index in [2.05, 4.69) is 32.5 Å². The highest BCUT2D eigenvalue weighted by atomic mass is 32.1. The lowest BCUT2D eigenvalue weighted by atomic mass is 9.98. The fourth-order valence-corrected chi connectivity index (χ4v) is 5.88. The highest BCUT2D eigenvalue weighted by Gasteiger charge is 2.23. The quantitative estimate of drug-likeness (QED) is 0.149. The molecule has 2 heterocycles. The van der Waals surface area contributed by atoms with E-state index in [1.165, 1.54) is 11.3 Å². The Balaban J connectivity index is 1.54. The van der Waals surface area contributed by atoms with Crippen LogP contribution in [0, 0.1) is 0 Å². The summed E-state index contributed by atoms with van der Waals surface area (Å²) in [5, 5.41) is 14.5. The number of nitrogens with zero attached hydrogens (tertiary/aromatic N) is 5. The molecule has 0 aliphatic heterocycles. The number of hydrogen-bond acceptors (Lipinski definition) is 7. The average molecular weight is 581 g/mol. The van der Waals surface area contributed by atoms with E-state index >= 15 is 0 Å². The summed E-state index contributed by atoms with van der Waals surface area (Å²) in [6.07, 6.45) is 3.76. The van der Waals surface area contributed by atoms with Crippen molar-refractivity contribution in [3.8, 4) is 22.5 Å². The van der Waals surface area contributed by atoms with Crippen molar-refractivity contribution in [1.29, 1.82) is 0 Å². The predicted molar refractivity (Wildman–Crippen MR) is 162 cm³/mol. The third-order valence-electron chi connectivity index (χ3n) is 6.79. The Morgan fingerprint density at radius 2 is 1.67 bits per heavy atom. The lowest BCUT2D eigenvalue weighted by Gasteiger charge is -2.12. The van der Waals surface area contributed by atoms with Gasteiger partial charge in [-0.15, -0.1) is 21.5 Å². The van der Waals surface area contributed by atoms with Gasteiger partial charge in [-0.3, -0.25) is 4.79 Å². The van der Waals surface area contributed by atoms with E-state index in [0.717, 1.165) is 46.4 Å². The second-order valence-corrected chi connectivity index (χ2v) is 10.7. The smallest absolute Gasteiger partial charge is 0.356 e. The van der Waals surface area contributed by atoms with Gasteiger partial charge < -0.3 is 9.30 Å². The largest absolute Gasteiger partial charge is 0.461 e. The number of tetrazole rings is 1. The van der Waals surface area contributed by atoms with E-state index in [9.17, 15) is 9.59 Å². The zero-order chi connectivity index (χ0) is 29.3. The molecular formula is C32H32N6O3S. The van der Waals surface area contributed by atoms with Gasteiger partial charge in [0.2, 0.25) is 5.82 Å². The molecule has 0 radical (unpaired) electrons. The second kappa shape index (κ2) is 13.8. The number of aryl methyl sites for hydroxylation is 1. The molecule has 5 rings (SSSR count). The molecule has 0 atom stereocenters. The Bertz CT molecular complexity index is 1710. The fraction of sp³-hybridized carbons (Fsp3) is 0.250. The van der Waals surface area contributed by atoms with E-state index in [4.69, 9.17) is 4.74 Å². The molecule has 2 aromatic heterocycles. The van der Waals surface area contributed by atoms with Crippen LogP contribution in [0.2, 0.25) is 0 Å². The van der Waals surface area contributed by atoms with Crippen LogP contribution in [0.5, 0.6) is 0 Å². The summed E-state index contributed by atoms with van der Waals surface area (Å²) in [5.74, 6) is -0.235. The zero-order valence-corrected chi connectivity index (χ0v) is 24.4. The van der Waals surface area contributed by atoms with Gasteiger partial charge in [0.25, 0.3) is 5.91 Å². The number of nitrogens with one attached hydrogen (secondary N) is 1. The van der Waals surface area contributed by atoms with Crippen LogP contribution < -0.4 is 4.80 Å². The summed E-state index contributed by atoms with van der Waals surface area (Å²) in [6, 6.07) is 24.9. The van der Waals surface area contributed by atoms with Crippen LogP contribution in [0.15, 0.2) is 83.9 Å². The molecule has 0 bridgehead atoms. The average Bonchev–Trinajstić information content (AvgIpc) is 3.67. The van der Waals surface area contributed by atoms with E-state index in [0.29, 0.717) is 34.8 Å². The van der Waals surface area contributed by atoms with Crippen LogP contribution in [-0.2, 0) is 17.7 Å². The maximum Gasteiger partial charge on any atom is 0.356 e. The Kier molecular flexibility index (Phi) is 9.45. The standard InChI is InChI=1S/C32H32N6O3S/c1-3-5-7-16-27-28(31(40)41-4-2)38(32(42-27)33-30(39)24-12-8-6-9-13-24)21-22-17-19-23(20-18-22)25-14-10-11-15-26(25)29-34-36-37-35-29/h6,8-15,17-20H,3-5,7,16,21H2,1-2H3,(H,34,35,36,37). The summed E-state index contributed by atoms with van der Waals surface area (Å²) in [4.78, 5) is 32.3. The Hall–Kier alpha value is -4.70. The van der Waals surface area contributed by atoms with Gasteiger partial charge in [0, 0.05) is 16.0 Å². The molecule has 42 heavy (non-hydrogen) atoms. The van der Waals surface area contributed by atoms with Gasteiger partial charge in [0.15, 0.2) is 4.80 Å². The molecular weight excluding hydrogens is 548 g/mol. The van der Waals surface area contributed by atoms with Crippen LogP contribution in [0.3, 0.4) is 0 Å². The van der Waals surface area contributed by atoms with E-state index in [1.807, 2.05) is 71.3 Å². The summed E-state index contributed by atoms with van der Waals surface area (Å²) in [6.45, 7) is 4.55. The first-order chi connectivity index (χ1) is 20.6. The number of ether oxygens (including phenoxy) is 1. The highest BCUT2D eigenvalue weighted by molar-refractivity contribution is 7.09. The van der Waals surface area contributed by atoms with Crippen LogP contribution in [0.1, 0.15) is 64.4 Å². The lowest BCUT2D eigenvalue weighted by Crippen LogP contribution is -2.23. The first kappa shape index (κ1) is 28.8. The molecule has 1 N–H and O–H groups in total. The summed E-state index contributed by atoms with van der Waals surface area (Å²) in [5.41, 5.74) is 4.74. The summed E-state index contributed by atoms with van der Waals surface area (Å²) >= 11 is 1.39. The number of unbranched alkanes of at least 4 members (excludes halogenated alkanes) is 2. The van der Waals surface area contributed by atoms with Crippen molar-refractivity contribution < 1.29 is 14.3 Å².